The molecule has 2 aromatic carbocycles. The summed E-state index contributed by atoms with van der Waals surface area (Å²) in [5, 5.41) is 3.31. The van der Waals surface area contributed by atoms with Crippen molar-refractivity contribution in [3.05, 3.63) is 59.8 Å². The van der Waals surface area contributed by atoms with E-state index in [-0.39, 0.29) is 12.0 Å². The average Bonchev–Trinajstić information content (AvgIpc) is 2.89. The topological polar surface area (TPSA) is 50.8 Å². The predicted octanol–water partition coefficient (Wildman–Crippen LogP) is 3.74. The second-order valence-electron chi connectivity index (χ2n) is 6.04. The van der Waals surface area contributed by atoms with E-state index in [1.165, 1.54) is 4.90 Å². The molecule has 1 fully saturated rings. The monoisotopic (exact) mass is 368 g/mol. The van der Waals surface area contributed by atoms with E-state index < -0.39 is 0 Å². The molecule has 1 amide bonds. The lowest BCUT2D eigenvalue weighted by Crippen LogP contribution is -2.30. The van der Waals surface area contributed by atoms with E-state index in [4.69, 9.17) is 21.7 Å². The third-order valence-electron chi connectivity index (χ3n) is 3.77. The molecule has 1 heterocycles. The molecule has 0 radical (unpaired) electrons. The van der Waals surface area contributed by atoms with Crippen LogP contribution >= 0.6 is 12.2 Å². The van der Waals surface area contributed by atoms with Gasteiger partial charge < -0.3 is 14.8 Å². The lowest BCUT2D eigenvalue weighted by atomic mass is 10.2. The molecule has 3 rings (SSSR count). The molecule has 0 spiro atoms. The van der Waals surface area contributed by atoms with Crippen LogP contribution in [0, 0.1) is 0 Å². The highest BCUT2D eigenvalue weighted by Crippen LogP contribution is 2.31. The van der Waals surface area contributed by atoms with Gasteiger partial charge in [-0.25, -0.2) is 4.90 Å². The van der Waals surface area contributed by atoms with Crippen LogP contribution in [0.5, 0.6) is 11.5 Å². The molecule has 1 aliphatic heterocycles. The van der Waals surface area contributed by atoms with E-state index in [1.54, 1.807) is 25.3 Å². The number of amides is 1. The van der Waals surface area contributed by atoms with Gasteiger partial charge >= 0.3 is 0 Å². The van der Waals surface area contributed by atoms with Crippen LogP contribution in [0.15, 0.2) is 54.2 Å². The molecule has 26 heavy (non-hydrogen) atoms. The second-order valence-corrected chi connectivity index (χ2v) is 6.42. The Kier molecular flexibility index (Phi) is 5.23. The number of nitrogens with one attached hydrogen (secondary N) is 1. The molecule has 0 aliphatic carbocycles. The van der Waals surface area contributed by atoms with Crippen LogP contribution in [0.3, 0.4) is 0 Å². The number of rotatable bonds is 5. The van der Waals surface area contributed by atoms with Crippen LogP contribution in [0.25, 0.3) is 6.08 Å². The molecule has 0 unspecified atom stereocenters. The van der Waals surface area contributed by atoms with E-state index in [0.29, 0.717) is 22.2 Å². The second kappa shape index (κ2) is 7.58. The highest BCUT2D eigenvalue weighted by molar-refractivity contribution is 7.80. The number of ether oxygens (including phenoxy) is 2. The minimum absolute atomic E-state index is 0.115. The summed E-state index contributed by atoms with van der Waals surface area (Å²) in [6.07, 6.45) is 1.88. The molecule has 0 bridgehead atoms. The van der Waals surface area contributed by atoms with Crippen LogP contribution in [0.4, 0.5) is 5.69 Å². The number of hydrogen-bond acceptors (Lipinski definition) is 4. The Labute approximate surface area is 158 Å². The number of hydrogen-bond donors (Lipinski definition) is 1. The van der Waals surface area contributed by atoms with Gasteiger partial charge in [-0.1, -0.05) is 24.3 Å². The molecule has 1 N–H and O–H groups in total. The maximum absolute atomic E-state index is 12.8. The molecular weight excluding hydrogens is 348 g/mol. The van der Waals surface area contributed by atoms with Crippen molar-refractivity contribution in [2.75, 3.05) is 12.0 Å². The fourth-order valence-electron chi connectivity index (χ4n) is 2.65. The highest BCUT2D eigenvalue weighted by atomic mass is 32.1. The molecular formula is C20H20N2O3S. The quantitative estimate of drug-likeness (QED) is 0.644. The zero-order chi connectivity index (χ0) is 18.7. The zero-order valence-corrected chi connectivity index (χ0v) is 15.7. The standard InChI is InChI=1S/C20H20N2O3S/c1-13(2)25-15-10-8-14(9-11-15)12-16-19(23)22(20(26)21-16)17-6-4-5-7-18(17)24-3/h4-13H,1-3H3,(H,21,26)/b16-12+. The van der Waals surface area contributed by atoms with E-state index in [2.05, 4.69) is 5.32 Å². The number of benzene rings is 2. The summed E-state index contributed by atoms with van der Waals surface area (Å²) in [4.78, 5) is 14.3. The Hall–Kier alpha value is -2.86. The Morgan fingerprint density at radius 1 is 1.12 bits per heavy atom. The van der Waals surface area contributed by atoms with Gasteiger partial charge in [0.2, 0.25) is 0 Å². The van der Waals surface area contributed by atoms with Gasteiger partial charge in [-0.2, -0.15) is 0 Å². The third kappa shape index (κ3) is 3.70. The van der Waals surface area contributed by atoms with Gasteiger partial charge in [0.25, 0.3) is 5.91 Å². The number of carbonyl (C=O) groups is 1. The first kappa shape index (κ1) is 17.9. The van der Waals surface area contributed by atoms with Gasteiger partial charge in [-0.3, -0.25) is 4.79 Å². The Morgan fingerprint density at radius 2 is 1.81 bits per heavy atom. The average molecular weight is 368 g/mol. The van der Waals surface area contributed by atoms with E-state index >= 15 is 0 Å². The molecule has 5 nitrogen and oxygen atoms in total. The smallest absolute Gasteiger partial charge is 0.281 e. The van der Waals surface area contributed by atoms with Crippen LogP contribution in [0.1, 0.15) is 19.4 Å². The normalized spacial score (nSPS) is 15.5. The van der Waals surface area contributed by atoms with Crippen LogP contribution in [-0.4, -0.2) is 24.2 Å². The van der Waals surface area contributed by atoms with Crippen molar-refractivity contribution in [2.45, 2.75) is 20.0 Å². The highest BCUT2D eigenvalue weighted by Gasteiger charge is 2.33. The minimum Gasteiger partial charge on any atom is -0.495 e. The van der Waals surface area contributed by atoms with Gasteiger partial charge in [0.1, 0.15) is 17.2 Å². The fraction of sp³-hybridized carbons (Fsp3) is 0.200. The maximum Gasteiger partial charge on any atom is 0.281 e. The van der Waals surface area contributed by atoms with Crippen molar-refractivity contribution in [3.8, 4) is 11.5 Å². The molecule has 0 atom stereocenters. The van der Waals surface area contributed by atoms with Gasteiger partial charge in [0, 0.05) is 0 Å². The van der Waals surface area contributed by atoms with Crippen molar-refractivity contribution in [2.24, 2.45) is 0 Å². The van der Waals surface area contributed by atoms with E-state index in [0.717, 1.165) is 11.3 Å². The first-order valence-electron chi connectivity index (χ1n) is 8.26. The largest absolute Gasteiger partial charge is 0.495 e. The molecule has 0 aromatic heterocycles. The van der Waals surface area contributed by atoms with Crippen molar-refractivity contribution in [1.29, 1.82) is 0 Å². The number of para-hydroxylation sites is 2. The summed E-state index contributed by atoms with van der Waals surface area (Å²) in [5.41, 5.74) is 1.90. The minimum atomic E-state index is -0.220. The summed E-state index contributed by atoms with van der Waals surface area (Å²) in [6, 6.07) is 14.8. The lowest BCUT2D eigenvalue weighted by molar-refractivity contribution is -0.113. The summed E-state index contributed by atoms with van der Waals surface area (Å²) < 4.78 is 11.0. The number of thiocarbonyl (C=S) groups is 1. The van der Waals surface area contributed by atoms with Crippen LogP contribution in [-0.2, 0) is 4.79 Å². The lowest BCUT2D eigenvalue weighted by Gasteiger charge is -2.17. The molecule has 6 heteroatoms. The van der Waals surface area contributed by atoms with Crippen LogP contribution < -0.4 is 19.7 Å². The SMILES string of the molecule is COc1ccccc1N1C(=O)/C(=C\c2ccc(OC(C)C)cc2)NC1=S. The molecule has 134 valence electrons. The summed E-state index contributed by atoms with van der Waals surface area (Å²) in [6.45, 7) is 3.95. The molecule has 1 aliphatic rings. The zero-order valence-electron chi connectivity index (χ0n) is 14.9. The van der Waals surface area contributed by atoms with Gasteiger partial charge in [0.05, 0.1) is 18.9 Å². The van der Waals surface area contributed by atoms with Gasteiger partial charge in [-0.15, -0.1) is 0 Å². The van der Waals surface area contributed by atoms with Gasteiger partial charge in [-0.05, 0) is 62.0 Å². The number of nitrogens with zero attached hydrogens (tertiary/aromatic N) is 1. The molecule has 2 aromatic rings. The first-order chi connectivity index (χ1) is 12.5. The Bertz CT molecular complexity index is 860. The van der Waals surface area contributed by atoms with E-state index in [9.17, 15) is 4.79 Å². The van der Waals surface area contributed by atoms with Crippen molar-refractivity contribution >= 4 is 35.0 Å². The van der Waals surface area contributed by atoms with Crippen molar-refractivity contribution in [1.82, 2.24) is 5.32 Å². The van der Waals surface area contributed by atoms with Gasteiger partial charge in [0.15, 0.2) is 5.11 Å². The maximum atomic E-state index is 12.8. The summed E-state index contributed by atoms with van der Waals surface area (Å²) in [7, 11) is 1.56. The first-order valence-corrected chi connectivity index (χ1v) is 8.67. The van der Waals surface area contributed by atoms with Crippen molar-refractivity contribution in [3.63, 3.8) is 0 Å². The van der Waals surface area contributed by atoms with E-state index in [1.807, 2.05) is 50.2 Å². The number of anilines is 1. The summed E-state index contributed by atoms with van der Waals surface area (Å²) in [5.74, 6) is 1.16. The summed E-state index contributed by atoms with van der Waals surface area (Å²) >= 11 is 5.35. The Morgan fingerprint density at radius 3 is 2.46 bits per heavy atom. The number of carbonyl (C=O) groups excluding carboxylic acids is 1. The van der Waals surface area contributed by atoms with Crippen LogP contribution in [0.2, 0.25) is 0 Å². The Balaban J connectivity index is 1.85. The third-order valence-corrected chi connectivity index (χ3v) is 4.05. The molecule has 0 saturated carbocycles. The predicted molar refractivity (Wildman–Crippen MR) is 106 cm³/mol. The fourth-order valence-corrected chi connectivity index (χ4v) is 2.94. The molecule has 1 saturated heterocycles. The van der Waals surface area contributed by atoms with Crippen molar-refractivity contribution < 1.29 is 14.3 Å². The number of methoxy groups -OCH3 is 1.